The lowest BCUT2D eigenvalue weighted by molar-refractivity contribution is 0.470. The van der Waals surface area contributed by atoms with E-state index in [9.17, 15) is 0 Å². The zero-order valence-corrected chi connectivity index (χ0v) is 7.96. The SMILES string of the molecule is Cc1cnc(C)c(NC2CNC2)n1. The van der Waals surface area contributed by atoms with Crippen LogP contribution in [-0.2, 0) is 0 Å². The fraction of sp³-hybridized carbons (Fsp3) is 0.556. The quantitative estimate of drug-likeness (QED) is 0.691. The lowest BCUT2D eigenvalue weighted by atomic mass is 10.2. The summed E-state index contributed by atoms with van der Waals surface area (Å²) >= 11 is 0. The smallest absolute Gasteiger partial charge is 0.148 e. The van der Waals surface area contributed by atoms with Gasteiger partial charge >= 0.3 is 0 Å². The van der Waals surface area contributed by atoms with Gasteiger partial charge in [-0.2, -0.15) is 0 Å². The van der Waals surface area contributed by atoms with Crippen molar-refractivity contribution in [3.63, 3.8) is 0 Å². The fourth-order valence-corrected chi connectivity index (χ4v) is 1.26. The van der Waals surface area contributed by atoms with E-state index in [0.29, 0.717) is 6.04 Å². The van der Waals surface area contributed by atoms with Crippen LogP contribution >= 0.6 is 0 Å². The van der Waals surface area contributed by atoms with E-state index < -0.39 is 0 Å². The van der Waals surface area contributed by atoms with Crippen LogP contribution in [0.2, 0.25) is 0 Å². The van der Waals surface area contributed by atoms with Gasteiger partial charge in [0.2, 0.25) is 0 Å². The summed E-state index contributed by atoms with van der Waals surface area (Å²) in [4.78, 5) is 8.64. The molecule has 13 heavy (non-hydrogen) atoms. The molecule has 0 bridgehead atoms. The molecule has 0 saturated carbocycles. The number of rotatable bonds is 2. The van der Waals surface area contributed by atoms with E-state index >= 15 is 0 Å². The van der Waals surface area contributed by atoms with E-state index in [4.69, 9.17) is 0 Å². The molecule has 4 nitrogen and oxygen atoms in total. The highest BCUT2D eigenvalue weighted by Gasteiger charge is 2.17. The Kier molecular flexibility index (Phi) is 2.14. The highest BCUT2D eigenvalue weighted by Crippen LogP contribution is 2.11. The first-order valence-electron chi connectivity index (χ1n) is 4.53. The third kappa shape index (κ3) is 1.78. The average Bonchev–Trinajstić information content (AvgIpc) is 2.03. The second kappa shape index (κ2) is 3.30. The van der Waals surface area contributed by atoms with Crippen LogP contribution in [0.3, 0.4) is 0 Å². The number of aromatic nitrogens is 2. The molecule has 70 valence electrons. The molecule has 0 aliphatic carbocycles. The number of aryl methyl sites for hydroxylation is 2. The Morgan fingerprint density at radius 3 is 2.85 bits per heavy atom. The van der Waals surface area contributed by atoms with Crippen molar-refractivity contribution < 1.29 is 0 Å². The maximum Gasteiger partial charge on any atom is 0.148 e. The lowest BCUT2D eigenvalue weighted by Crippen LogP contribution is -2.51. The van der Waals surface area contributed by atoms with Crippen LogP contribution in [0.4, 0.5) is 5.82 Å². The van der Waals surface area contributed by atoms with Crippen molar-refractivity contribution in [3.8, 4) is 0 Å². The van der Waals surface area contributed by atoms with Gasteiger partial charge in [-0.15, -0.1) is 0 Å². The van der Waals surface area contributed by atoms with Gasteiger partial charge in [0.1, 0.15) is 5.82 Å². The maximum absolute atomic E-state index is 4.39. The number of nitrogens with zero attached hydrogens (tertiary/aromatic N) is 2. The van der Waals surface area contributed by atoms with Gasteiger partial charge in [0.25, 0.3) is 0 Å². The van der Waals surface area contributed by atoms with E-state index in [0.717, 1.165) is 30.3 Å². The highest BCUT2D eigenvalue weighted by atomic mass is 15.1. The monoisotopic (exact) mass is 178 g/mol. The first kappa shape index (κ1) is 8.44. The molecule has 1 fully saturated rings. The molecule has 0 unspecified atom stereocenters. The van der Waals surface area contributed by atoms with Gasteiger partial charge in [-0.3, -0.25) is 4.98 Å². The molecule has 2 N–H and O–H groups in total. The maximum atomic E-state index is 4.39. The van der Waals surface area contributed by atoms with Crippen LogP contribution < -0.4 is 10.6 Å². The summed E-state index contributed by atoms with van der Waals surface area (Å²) < 4.78 is 0. The Bertz CT molecular complexity index is 306. The third-order valence-corrected chi connectivity index (χ3v) is 2.20. The minimum atomic E-state index is 0.523. The second-order valence-corrected chi connectivity index (χ2v) is 3.44. The summed E-state index contributed by atoms with van der Waals surface area (Å²) in [6.07, 6.45) is 1.79. The van der Waals surface area contributed by atoms with Crippen LogP contribution in [0, 0.1) is 13.8 Å². The molecule has 0 radical (unpaired) electrons. The third-order valence-electron chi connectivity index (χ3n) is 2.20. The largest absolute Gasteiger partial charge is 0.363 e. The van der Waals surface area contributed by atoms with Crippen molar-refractivity contribution in [3.05, 3.63) is 17.6 Å². The van der Waals surface area contributed by atoms with Crippen LogP contribution in [0.5, 0.6) is 0 Å². The van der Waals surface area contributed by atoms with Gasteiger partial charge in [0.15, 0.2) is 0 Å². The molecular weight excluding hydrogens is 164 g/mol. The van der Waals surface area contributed by atoms with Crippen molar-refractivity contribution in [2.24, 2.45) is 0 Å². The first-order valence-corrected chi connectivity index (χ1v) is 4.53. The van der Waals surface area contributed by atoms with Gasteiger partial charge in [-0.25, -0.2) is 4.98 Å². The molecule has 1 aromatic heterocycles. The number of hydrogen-bond donors (Lipinski definition) is 2. The Labute approximate surface area is 77.8 Å². The molecule has 2 rings (SSSR count). The average molecular weight is 178 g/mol. The highest BCUT2D eigenvalue weighted by molar-refractivity contribution is 5.41. The van der Waals surface area contributed by atoms with Crippen LogP contribution in [0.1, 0.15) is 11.4 Å². The van der Waals surface area contributed by atoms with Gasteiger partial charge in [-0.1, -0.05) is 0 Å². The van der Waals surface area contributed by atoms with E-state index in [2.05, 4.69) is 20.6 Å². The van der Waals surface area contributed by atoms with E-state index in [1.165, 1.54) is 0 Å². The van der Waals surface area contributed by atoms with Crippen molar-refractivity contribution in [1.82, 2.24) is 15.3 Å². The van der Waals surface area contributed by atoms with Crippen molar-refractivity contribution >= 4 is 5.82 Å². The summed E-state index contributed by atoms with van der Waals surface area (Å²) in [7, 11) is 0. The molecule has 0 spiro atoms. The normalized spacial score (nSPS) is 16.8. The molecule has 0 amide bonds. The van der Waals surface area contributed by atoms with Gasteiger partial charge in [-0.05, 0) is 13.8 Å². The Morgan fingerprint density at radius 2 is 2.23 bits per heavy atom. The Morgan fingerprint density at radius 1 is 1.46 bits per heavy atom. The predicted molar refractivity (Wildman–Crippen MR) is 51.8 cm³/mol. The summed E-state index contributed by atoms with van der Waals surface area (Å²) in [5.41, 5.74) is 1.93. The molecule has 2 heterocycles. The molecule has 0 aromatic carbocycles. The minimum Gasteiger partial charge on any atom is -0.363 e. The Balaban J connectivity index is 2.13. The van der Waals surface area contributed by atoms with E-state index in [1.54, 1.807) is 6.20 Å². The molecule has 1 aromatic rings. The van der Waals surface area contributed by atoms with Crippen molar-refractivity contribution in [2.75, 3.05) is 18.4 Å². The second-order valence-electron chi connectivity index (χ2n) is 3.44. The number of nitrogens with one attached hydrogen (secondary N) is 2. The van der Waals surface area contributed by atoms with Gasteiger partial charge in [0.05, 0.1) is 17.4 Å². The van der Waals surface area contributed by atoms with Crippen LogP contribution in [0.25, 0.3) is 0 Å². The molecule has 4 heteroatoms. The van der Waals surface area contributed by atoms with Gasteiger partial charge < -0.3 is 10.6 Å². The summed E-state index contributed by atoms with van der Waals surface area (Å²) in [6, 6.07) is 0.523. The van der Waals surface area contributed by atoms with Crippen LogP contribution in [0.15, 0.2) is 6.20 Å². The Hall–Kier alpha value is -1.16. The summed E-state index contributed by atoms with van der Waals surface area (Å²) in [5.74, 6) is 0.923. The molecular formula is C9H14N4. The lowest BCUT2D eigenvalue weighted by Gasteiger charge is -2.28. The first-order chi connectivity index (χ1) is 6.25. The van der Waals surface area contributed by atoms with Crippen molar-refractivity contribution in [2.45, 2.75) is 19.9 Å². The van der Waals surface area contributed by atoms with Gasteiger partial charge in [0, 0.05) is 19.3 Å². The summed E-state index contributed by atoms with van der Waals surface area (Å²) in [5, 5.41) is 6.56. The minimum absolute atomic E-state index is 0.523. The number of anilines is 1. The van der Waals surface area contributed by atoms with E-state index in [-0.39, 0.29) is 0 Å². The standard InChI is InChI=1S/C9H14N4/c1-6-3-11-7(2)9(12-6)13-8-4-10-5-8/h3,8,10H,4-5H2,1-2H3,(H,12,13). The predicted octanol–water partition coefficient (Wildman–Crippen LogP) is 0.477. The molecule has 1 saturated heterocycles. The van der Waals surface area contributed by atoms with E-state index in [1.807, 2.05) is 13.8 Å². The van der Waals surface area contributed by atoms with Crippen LogP contribution in [-0.4, -0.2) is 29.1 Å². The zero-order chi connectivity index (χ0) is 9.26. The number of hydrogen-bond acceptors (Lipinski definition) is 4. The molecule has 0 atom stereocenters. The summed E-state index contributed by atoms with van der Waals surface area (Å²) in [6.45, 7) is 5.97. The zero-order valence-electron chi connectivity index (χ0n) is 7.96. The molecule has 1 aliphatic heterocycles. The van der Waals surface area contributed by atoms with Crippen molar-refractivity contribution in [1.29, 1.82) is 0 Å². The topological polar surface area (TPSA) is 49.8 Å². The molecule has 1 aliphatic rings. The fourth-order valence-electron chi connectivity index (χ4n) is 1.26.